The van der Waals surface area contributed by atoms with E-state index in [0.29, 0.717) is 0 Å². The van der Waals surface area contributed by atoms with Crippen LogP contribution in [0.4, 0.5) is 17.6 Å². The average molecular weight is 449 g/mol. The zero-order valence-corrected chi connectivity index (χ0v) is 16.8. The topological polar surface area (TPSA) is 84.2 Å². The molecule has 6 nitrogen and oxygen atoms in total. The number of hydrogen-bond donors (Lipinski definition) is 2. The van der Waals surface area contributed by atoms with E-state index in [1.54, 1.807) is 0 Å². The number of hydrogen-bond acceptors (Lipinski definition) is 4. The van der Waals surface area contributed by atoms with Gasteiger partial charge in [-0.25, -0.2) is 4.39 Å². The molecule has 0 saturated heterocycles. The molecule has 3 rings (SSSR count). The standard InChI is InChI=1S/C22H19F4N3O3/c1-13(30)11-29-12-15(6-9-18(29)31)21(32)28-19(20-17(23)3-2-10-27-20)14-4-7-16(8-5-14)22(24,25)26/h2-10,12-13,19,30H,11H2,1H3,(H,28,32)/t13-,19?/m0/s1. The molecule has 2 heterocycles. The molecule has 2 atom stereocenters. The summed E-state index contributed by atoms with van der Waals surface area (Å²) in [7, 11) is 0. The predicted molar refractivity (Wildman–Crippen MR) is 107 cm³/mol. The summed E-state index contributed by atoms with van der Waals surface area (Å²) in [6.45, 7) is 1.43. The number of benzene rings is 1. The largest absolute Gasteiger partial charge is 0.416 e. The minimum Gasteiger partial charge on any atom is -0.392 e. The molecule has 0 aliphatic rings. The number of carbonyl (C=O) groups excluding carboxylic acids is 1. The lowest BCUT2D eigenvalue weighted by atomic mass is 10.0. The molecule has 0 fully saturated rings. The van der Waals surface area contributed by atoms with Crippen LogP contribution in [0.3, 0.4) is 0 Å². The van der Waals surface area contributed by atoms with Crippen molar-refractivity contribution in [2.45, 2.75) is 31.8 Å². The molecular weight excluding hydrogens is 430 g/mol. The molecule has 0 saturated carbocycles. The zero-order chi connectivity index (χ0) is 23.5. The van der Waals surface area contributed by atoms with Crippen LogP contribution in [0.2, 0.25) is 0 Å². The van der Waals surface area contributed by atoms with Crippen molar-refractivity contribution >= 4 is 5.91 Å². The molecule has 10 heteroatoms. The molecule has 0 spiro atoms. The third-order valence-electron chi connectivity index (χ3n) is 4.61. The molecule has 2 N–H and O–H groups in total. The second-order valence-electron chi connectivity index (χ2n) is 7.15. The van der Waals surface area contributed by atoms with Crippen molar-refractivity contribution in [3.8, 4) is 0 Å². The van der Waals surface area contributed by atoms with Crippen LogP contribution >= 0.6 is 0 Å². The van der Waals surface area contributed by atoms with Crippen LogP contribution in [0.15, 0.2) is 65.7 Å². The Labute approximate surface area is 180 Å². The molecule has 168 valence electrons. The first-order chi connectivity index (χ1) is 15.1. The first kappa shape index (κ1) is 23.1. The van der Waals surface area contributed by atoms with Gasteiger partial charge in [-0.3, -0.25) is 14.6 Å². The smallest absolute Gasteiger partial charge is 0.392 e. The summed E-state index contributed by atoms with van der Waals surface area (Å²) in [5.41, 5.74) is -1.28. The number of nitrogens with zero attached hydrogens (tertiary/aromatic N) is 2. The van der Waals surface area contributed by atoms with Gasteiger partial charge in [-0.2, -0.15) is 13.2 Å². The van der Waals surface area contributed by atoms with Gasteiger partial charge in [-0.15, -0.1) is 0 Å². The fraction of sp³-hybridized carbons (Fsp3) is 0.227. The first-order valence-corrected chi connectivity index (χ1v) is 9.53. The van der Waals surface area contributed by atoms with E-state index in [1.807, 2.05) is 0 Å². The van der Waals surface area contributed by atoms with Gasteiger partial charge in [0.25, 0.3) is 11.5 Å². The Morgan fingerprint density at radius 3 is 2.44 bits per heavy atom. The minimum atomic E-state index is -4.55. The normalized spacial score (nSPS) is 13.4. The highest BCUT2D eigenvalue weighted by atomic mass is 19.4. The molecule has 1 aromatic carbocycles. The van der Waals surface area contributed by atoms with Crippen molar-refractivity contribution in [2.75, 3.05) is 0 Å². The van der Waals surface area contributed by atoms with E-state index in [1.165, 1.54) is 31.5 Å². The first-order valence-electron chi connectivity index (χ1n) is 9.53. The van der Waals surface area contributed by atoms with Crippen LogP contribution in [0.25, 0.3) is 0 Å². The third-order valence-corrected chi connectivity index (χ3v) is 4.61. The van der Waals surface area contributed by atoms with Crippen LogP contribution in [-0.4, -0.2) is 26.7 Å². The Morgan fingerprint density at radius 2 is 1.84 bits per heavy atom. The van der Waals surface area contributed by atoms with Crippen molar-refractivity contribution in [3.63, 3.8) is 0 Å². The SMILES string of the molecule is C[C@H](O)Cn1cc(C(=O)NC(c2ccc(C(F)(F)F)cc2)c2ncccc2F)ccc1=O. The maximum absolute atomic E-state index is 14.4. The van der Waals surface area contributed by atoms with E-state index in [2.05, 4.69) is 10.3 Å². The van der Waals surface area contributed by atoms with Gasteiger partial charge in [-0.1, -0.05) is 12.1 Å². The van der Waals surface area contributed by atoms with Crippen molar-refractivity contribution in [2.24, 2.45) is 0 Å². The quantitative estimate of drug-likeness (QED) is 0.566. The van der Waals surface area contributed by atoms with E-state index in [9.17, 15) is 32.3 Å². The van der Waals surface area contributed by atoms with Crippen molar-refractivity contribution < 1.29 is 27.5 Å². The number of rotatable bonds is 6. The monoisotopic (exact) mass is 449 g/mol. The number of pyridine rings is 2. The second-order valence-corrected chi connectivity index (χ2v) is 7.15. The minimum absolute atomic E-state index is 0.0403. The molecule has 3 aromatic rings. The average Bonchev–Trinajstić information content (AvgIpc) is 2.73. The molecule has 2 aromatic heterocycles. The number of alkyl halides is 3. The molecule has 0 radical (unpaired) electrons. The van der Waals surface area contributed by atoms with Crippen LogP contribution in [0.5, 0.6) is 0 Å². The number of carbonyl (C=O) groups is 1. The van der Waals surface area contributed by atoms with E-state index >= 15 is 0 Å². The highest BCUT2D eigenvalue weighted by Gasteiger charge is 2.31. The van der Waals surface area contributed by atoms with Gasteiger partial charge in [0.15, 0.2) is 0 Å². The number of aromatic nitrogens is 2. The molecule has 1 amide bonds. The summed E-state index contributed by atoms with van der Waals surface area (Å²) in [6.07, 6.45) is -2.85. The molecule has 0 bridgehead atoms. The summed E-state index contributed by atoms with van der Waals surface area (Å²) in [5.74, 6) is -1.46. The van der Waals surface area contributed by atoms with Gasteiger partial charge in [0.1, 0.15) is 11.5 Å². The Kier molecular flexibility index (Phi) is 6.73. The lowest BCUT2D eigenvalue weighted by Crippen LogP contribution is -2.32. The predicted octanol–water partition coefficient (Wildman–Crippen LogP) is 3.30. The highest BCUT2D eigenvalue weighted by Crippen LogP contribution is 2.31. The number of nitrogens with one attached hydrogen (secondary N) is 1. The molecule has 1 unspecified atom stereocenters. The number of halogens is 4. The lowest BCUT2D eigenvalue weighted by molar-refractivity contribution is -0.137. The fourth-order valence-corrected chi connectivity index (χ4v) is 3.09. The Bertz CT molecular complexity index is 1160. The van der Waals surface area contributed by atoms with E-state index < -0.39 is 41.2 Å². The summed E-state index contributed by atoms with van der Waals surface area (Å²) in [5, 5.41) is 12.1. The fourth-order valence-electron chi connectivity index (χ4n) is 3.09. The van der Waals surface area contributed by atoms with Gasteiger partial charge in [-0.05, 0) is 42.8 Å². The summed E-state index contributed by atoms with van der Waals surface area (Å²) >= 11 is 0. The third kappa shape index (κ3) is 5.38. The van der Waals surface area contributed by atoms with Crippen LogP contribution in [0, 0.1) is 5.82 Å². The summed E-state index contributed by atoms with van der Waals surface area (Å²) in [6, 6.07) is 7.61. The summed E-state index contributed by atoms with van der Waals surface area (Å²) < 4.78 is 54.3. The number of aliphatic hydroxyl groups is 1. The number of amides is 1. The van der Waals surface area contributed by atoms with Crippen molar-refractivity contribution in [1.82, 2.24) is 14.9 Å². The molecular formula is C22H19F4N3O3. The lowest BCUT2D eigenvalue weighted by Gasteiger charge is -2.20. The zero-order valence-electron chi connectivity index (χ0n) is 16.8. The maximum atomic E-state index is 14.4. The van der Waals surface area contributed by atoms with Gasteiger partial charge in [0.2, 0.25) is 0 Å². The Morgan fingerprint density at radius 1 is 1.16 bits per heavy atom. The molecule has 0 aliphatic heterocycles. The molecule has 0 aliphatic carbocycles. The van der Waals surface area contributed by atoms with Gasteiger partial charge >= 0.3 is 6.18 Å². The number of aliphatic hydroxyl groups excluding tert-OH is 1. The molecule has 32 heavy (non-hydrogen) atoms. The van der Waals surface area contributed by atoms with Gasteiger partial charge in [0.05, 0.1) is 29.8 Å². The highest BCUT2D eigenvalue weighted by molar-refractivity contribution is 5.94. The summed E-state index contributed by atoms with van der Waals surface area (Å²) in [4.78, 5) is 28.7. The maximum Gasteiger partial charge on any atom is 0.416 e. The van der Waals surface area contributed by atoms with Crippen LogP contribution in [0.1, 0.15) is 40.1 Å². The Balaban J connectivity index is 1.98. The second kappa shape index (κ2) is 9.31. The van der Waals surface area contributed by atoms with Gasteiger partial charge < -0.3 is 15.0 Å². The van der Waals surface area contributed by atoms with E-state index in [0.717, 1.165) is 41.0 Å². The van der Waals surface area contributed by atoms with E-state index in [4.69, 9.17) is 0 Å². The van der Waals surface area contributed by atoms with Crippen molar-refractivity contribution in [1.29, 1.82) is 0 Å². The van der Waals surface area contributed by atoms with Crippen molar-refractivity contribution in [3.05, 3.63) is 99.5 Å². The van der Waals surface area contributed by atoms with Crippen LogP contribution in [-0.2, 0) is 12.7 Å². The van der Waals surface area contributed by atoms with E-state index in [-0.39, 0.29) is 23.4 Å². The Hall–Kier alpha value is -3.53. The van der Waals surface area contributed by atoms with Gasteiger partial charge in [0, 0.05) is 18.5 Å². The van der Waals surface area contributed by atoms with Crippen LogP contribution < -0.4 is 10.9 Å².